The van der Waals surface area contributed by atoms with Crippen molar-refractivity contribution in [3.8, 4) is 11.1 Å². The standard InChI is InChI=1S/C32H32N2O4S/c1-2-37-21-12-14-33(15-13-21)26-11-10-23(32-30(26)25-6-3-4-9-28(25)39-32)22-7-5-8-24-27(35)20-29(38-31(22)24)34-16-18-36-19-17-34/h3-11,20-21H,2,12-19H2,1H3. The van der Waals surface area contributed by atoms with Crippen molar-refractivity contribution in [3.63, 3.8) is 0 Å². The van der Waals surface area contributed by atoms with E-state index in [0.29, 0.717) is 49.3 Å². The summed E-state index contributed by atoms with van der Waals surface area (Å²) in [6, 6.07) is 20.7. The van der Waals surface area contributed by atoms with Crippen LogP contribution in [0.2, 0.25) is 0 Å². The predicted octanol–water partition coefficient (Wildman–Crippen LogP) is 6.67. The smallest absolute Gasteiger partial charge is 0.200 e. The lowest BCUT2D eigenvalue weighted by molar-refractivity contribution is 0.0459. The van der Waals surface area contributed by atoms with Crippen molar-refractivity contribution in [1.29, 1.82) is 0 Å². The monoisotopic (exact) mass is 540 g/mol. The molecule has 2 aliphatic heterocycles. The van der Waals surface area contributed by atoms with Gasteiger partial charge in [-0.05, 0) is 38.0 Å². The highest BCUT2D eigenvalue weighted by atomic mass is 32.1. The van der Waals surface area contributed by atoms with Gasteiger partial charge in [-0.15, -0.1) is 11.3 Å². The number of piperidine rings is 1. The molecule has 2 aliphatic rings. The average molecular weight is 541 g/mol. The van der Waals surface area contributed by atoms with Crippen LogP contribution in [0.4, 0.5) is 11.6 Å². The first-order chi connectivity index (χ1) is 19.2. The number of morpholine rings is 1. The SMILES string of the molecule is CCOC1CCN(c2ccc(-c3cccc4c(=O)cc(N5CCOCC5)oc34)c3sc4ccccc4c23)CC1. The fourth-order valence-corrected chi connectivity index (χ4v) is 7.35. The number of thiophene rings is 1. The third kappa shape index (κ3) is 4.39. The van der Waals surface area contributed by atoms with Crippen LogP contribution in [0.1, 0.15) is 19.8 Å². The molecule has 0 unspecified atom stereocenters. The van der Waals surface area contributed by atoms with Gasteiger partial charge in [0.15, 0.2) is 11.3 Å². The molecule has 0 aliphatic carbocycles. The van der Waals surface area contributed by atoms with Crippen LogP contribution >= 0.6 is 11.3 Å². The number of ether oxygens (including phenoxy) is 2. The van der Waals surface area contributed by atoms with E-state index in [4.69, 9.17) is 13.9 Å². The zero-order valence-electron chi connectivity index (χ0n) is 22.2. The van der Waals surface area contributed by atoms with Gasteiger partial charge in [-0.3, -0.25) is 4.79 Å². The van der Waals surface area contributed by atoms with Crippen LogP contribution in [0.3, 0.4) is 0 Å². The van der Waals surface area contributed by atoms with Crippen molar-refractivity contribution >= 4 is 54.0 Å². The number of benzene rings is 3. The van der Waals surface area contributed by atoms with Gasteiger partial charge in [0.05, 0.1) is 24.7 Å². The van der Waals surface area contributed by atoms with Crippen LogP contribution in [-0.2, 0) is 9.47 Å². The highest BCUT2D eigenvalue weighted by Crippen LogP contribution is 2.46. The summed E-state index contributed by atoms with van der Waals surface area (Å²) in [6.07, 6.45) is 2.43. The number of anilines is 2. The summed E-state index contributed by atoms with van der Waals surface area (Å²) in [7, 11) is 0. The number of fused-ring (bicyclic) bond motifs is 4. The Bertz CT molecular complexity index is 1710. The molecule has 0 radical (unpaired) electrons. The molecular formula is C32H32N2O4S. The number of rotatable bonds is 5. The first kappa shape index (κ1) is 24.6. The van der Waals surface area contributed by atoms with Gasteiger partial charge in [0.25, 0.3) is 0 Å². The highest BCUT2D eigenvalue weighted by molar-refractivity contribution is 7.26. The lowest BCUT2D eigenvalue weighted by atomic mass is 9.98. The molecule has 6 nitrogen and oxygen atoms in total. The molecule has 2 fully saturated rings. The Hall–Kier alpha value is -3.39. The summed E-state index contributed by atoms with van der Waals surface area (Å²) < 4.78 is 20.5. The molecule has 2 saturated heterocycles. The molecule has 5 aromatic rings. The van der Waals surface area contributed by atoms with E-state index in [1.807, 2.05) is 23.5 Å². The van der Waals surface area contributed by atoms with Crippen molar-refractivity contribution in [1.82, 2.24) is 0 Å². The molecule has 0 amide bonds. The molecule has 0 spiro atoms. The Kier molecular flexibility index (Phi) is 6.51. The van der Waals surface area contributed by atoms with Crippen LogP contribution in [0, 0.1) is 0 Å². The minimum Gasteiger partial charge on any atom is -0.440 e. The number of hydrogen-bond acceptors (Lipinski definition) is 7. The van der Waals surface area contributed by atoms with Gasteiger partial charge in [-0.2, -0.15) is 0 Å². The van der Waals surface area contributed by atoms with Crippen molar-refractivity contribution in [2.75, 3.05) is 55.8 Å². The predicted molar refractivity (Wildman–Crippen MR) is 161 cm³/mol. The Morgan fingerprint density at radius 3 is 2.51 bits per heavy atom. The Balaban J connectivity index is 1.40. The van der Waals surface area contributed by atoms with Crippen molar-refractivity contribution in [2.45, 2.75) is 25.9 Å². The van der Waals surface area contributed by atoms with Gasteiger partial charge in [0.2, 0.25) is 0 Å². The van der Waals surface area contributed by atoms with Crippen molar-refractivity contribution < 1.29 is 13.9 Å². The molecule has 39 heavy (non-hydrogen) atoms. The minimum atomic E-state index is -0.0130. The van der Waals surface area contributed by atoms with Crippen LogP contribution in [-0.4, -0.2) is 52.1 Å². The second-order valence-corrected chi connectivity index (χ2v) is 11.4. The van der Waals surface area contributed by atoms with E-state index in [2.05, 4.69) is 59.2 Å². The molecular weight excluding hydrogens is 508 g/mol. The molecule has 2 aromatic heterocycles. The lowest BCUT2D eigenvalue weighted by Crippen LogP contribution is -2.37. The van der Waals surface area contributed by atoms with E-state index in [-0.39, 0.29) is 5.43 Å². The molecule has 0 N–H and O–H groups in total. The third-order valence-corrected chi connectivity index (χ3v) is 9.25. The Labute approximate surface area is 231 Å². The van der Waals surface area contributed by atoms with Crippen molar-refractivity contribution in [3.05, 3.63) is 70.9 Å². The lowest BCUT2D eigenvalue weighted by Gasteiger charge is -2.34. The molecule has 0 atom stereocenters. The summed E-state index contributed by atoms with van der Waals surface area (Å²) in [4.78, 5) is 17.8. The molecule has 0 saturated carbocycles. The number of para-hydroxylation sites is 1. The second-order valence-electron chi connectivity index (χ2n) is 10.3. The zero-order chi connectivity index (χ0) is 26.3. The largest absolute Gasteiger partial charge is 0.440 e. The van der Waals surface area contributed by atoms with E-state index in [0.717, 1.165) is 43.7 Å². The Morgan fingerprint density at radius 2 is 1.69 bits per heavy atom. The summed E-state index contributed by atoms with van der Waals surface area (Å²) in [6.45, 7) is 7.51. The summed E-state index contributed by atoms with van der Waals surface area (Å²) in [5.74, 6) is 0.615. The van der Waals surface area contributed by atoms with Gasteiger partial charge >= 0.3 is 0 Å². The maximum Gasteiger partial charge on any atom is 0.200 e. The van der Waals surface area contributed by atoms with Crippen LogP contribution < -0.4 is 15.2 Å². The normalized spacial score (nSPS) is 17.1. The Morgan fingerprint density at radius 1 is 0.897 bits per heavy atom. The first-order valence-electron chi connectivity index (χ1n) is 13.9. The average Bonchev–Trinajstić information content (AvgIpc) is 3.37. The van der Waals surface area contributed by atoms with Crippen LogP contribution in [0.15, 0.2) is 69.9 Å². The van der Waals surface area contributed by atoms with Gasteiger partial charge in [0, 0.05) is 75.8 Å². The first-order valence-corrected chi connectivity index (χ1v) is 14.7. The molecule has 7 heteroatoms. The summed E-state index contributed by atoms with van der Waals surface area (Å²) in [5.41, 5.74) is 3.97. The minimum absolute atomic E-state index is 0.0130. The van der Waals surface area contributed by atoms with Crippen LogP contribution in [0.5, 0.6) is 0 Å². The van der Waals surface area contributed by atoms with E-state index in [1.165, 1.54) is 25.9 Å². The van der Waals surface area contributed by atoms with E-state index >= 15 is 0 Å². The van der Waals surface area contributed by atoms with E-state index in [9.17, 15) is 4.79 Å². The van der Waals surface area contributed by atoms with Gasteiger partial charge in [-0.25, -0.2) is 0 Å². The second kappa shape index (κ2) is 10.3. The molecule has 0 bridgehead atoms. The van der Waals surface area contributed by atoms with E-state index < -0.39 is 0 Å². The van der Waals surface area contributed by atoms with E-state index in [1.54, 1.807) is 6.07 Å². The maximum absolute atomic E-state index is 13.2. The highest BCUT2D eigenvalue weighted by Gasteiger charge is 2.24. The van der Waals surface area contributed by atoms with Gasteiger partial charge < -0.3 is 23.7 Å². The molecule has 7 rings (SSSR count). The summed E-state index contributed by atoms with van der Waals surface area (Å²) >= 11 is 1.82. The van der Waals surface area contributed by atoms with Gasteiger partial charge in [0.1, 0.15) is 5.58 Å². The van der Waals surface area contributed by atoms with Gasteiger partial charge in [-0.1, -0.05) is 36.4 Å². The number of hydrogen-bond donors (Lipinski definition) is 0. The quantitative estimate of drug-likeness (QED) is 0.248. The number of nitrogens with zero attached hydrogens (tertiary/aromatic N) is 2. The van der Waals surface area contributed by atoms with Crippen molar-refractivity contribution in [2.24, 2.45) is 0 Å². The fraction of sp³-hybridized carbons (Fsp3) is 0.344. The third-order valence-electron chi connectivity index (χ3n) is 8.04. The fourth-order valence-electron chi connectivity index (χ4n) is 6.10. The molecule has 4 heterocycles. The molecule has 3 aromatic carbocycles. The maximum atomic E-state index is 13.2. The van der Waals surface area contributed by atoms with Crippen LogP contribution in [0.25, 0.3) is 42.3 Å². The summed E-state index contributed by atoms with van der Waals surface area (Å²) in [5, 5.41) is 3.17. The topological polar surface area (TPSA) is 55.2 Å². The molecule has 200 valence electrons. The zero-order valence-corrected chi connectivity index (χ0v) is 23.0.